The van der Waals surface area contributed by atoms with Crippen molar-refractivity contribution < 1.29 is 19.8 Å². The Morgan fingerprint density at radius 2 is 1.42 bits per heavy atom. The van der Waals surface area contributed by atoms with E-state index in [1.165, 1.54) is 0 Å². The molecule has 1 rings (SSSR count). The van der Waals surface area contributed by atoms with Gasteiger partial charge in [0.1, 0.15) is 5.57 Å². The molecule has 0 aromatic rings. The molecule has 0 saturated heterocycles. The summed E-state index contributed by atoms with van der Waals surface area (Å²) in [5.41, 5.74) is -0.0427. The molecule has 24 heavy (non-hydrogen) atoms. The van der Waals surface area contributed by atoms with Gasteiger partial charge in [0.25, 0.3) is 0 Å². The molecular formula is C20H34O4. The molecule has 4 heteroatoms. The monoisotopic (exact) mass is 338 g/mol. The Morgan fingerprint density at radius 3 is 1.75 bits per heavy atom. The minimum absolute atomic E-state index is 0.221. The quantitative estimate of drug-likeness (QED) is 0.390. The van der Waals surface area contributed by atoms with Gasteiger partial charge in [-0.05, 0) is 60.3 Å². The van der Waals surface area contributed by atoms with Crippen molar-refractivity contribution in [1.82, 2.24) is 0 Å². The van der Waals surface area contributed by atoms with Gasteiger partial charge in [0, 0.05) is 0 Å². The third kappa shape index (κ3) is 4.20. The highest BCUT2D eigenvalue weighted by molar-refractivity contribution is 6.13. The molecule has 0 spiro atoms. The van der Waals surface area contributed by atoms with E-state index in [1.807, 2.05) is 13.8 Å². The lowest BCUT2D eigenvalue weighted by Gasteiger charge is -2.51. The zero-order valence-electron chi connectivity index (χ0n) is 16.1. The maximum absolute atomic E-state index is 11.8. The molecule has 4 nitrogen and oxygen atoms in total. The lowest BCUT2D eigenvalue weighted by Crippen LogP contribution is -2.44. The molecule has 1 aliphatic carbocycles. The van der Waals surface area contributed by atoms with E-state index in [2.05, 4.69) is 27.7 Å². The third-order valence-corrected chi connectivity index (χ3v) is 5.68. The molecule has 1 fully saturated rings. The molecule has 2 N–H and O–H groups in total. The molecule has 0 radical (unpaired) electrons. The summed E-state index contributed by atoms with van der Waals surface area (Å²) in [5.74, 6) is -1.40. The third-order valence-electron chi connectivity index (χ3n) is 5.68. The van der Waals surface area contributed by atoms with Crippen molar-refractivity contribution in [3.8, 4) is 0 Å². The second kappa shape index (κ2) is 8.17. The fraction of sp³-hybridized carbons (Fsp3) is 0.800. The SMILES string of the molecule is CC(C)CC(=C(C(=O)O)C(=O)O)C1(CC(C)C)C(C)CCCC1C. The number of allylic oxidation sites excluding steroid dienone is 1. The molecule has 138 valence electrons. The van der Waals surface area contributed by atoms with E-state index in [4.69, 9.17) is 0 Å². The highest BCUT2D eigenvalue weighted by Gasteiger charge is 2.48. The predicted molar refractivity (Wildman–Crippen MR) is 95.8 cm³/mol. The molecule has 0 bridgehead atoms. The average molecular weight is 338 g/mol. The Hall–Kier alpha value is -1.32. The first-order chi connectivity index (χ1) is 11.0. The zero-order valence-corrected chi connectivity index (χ0v) is 16.1. The molecular weight excluding hydrogens is 304 g/mol. The molecule has 0 aromatic heterocycles. The van der Waals surface area contributed by atoms with E-state index in [0.29, 0.717) is 29.7 Å². The number of hydrogen-bond donors (Lipinski definition) is 2. The summed E-state index contributed by atoms with van der Waals surface area (Å²) in [7, 11) is 0. The Bertz CT molecular complexity index is 476. The van der Waals surface area contributed by atoms with Crippen LogP contribution in [-0.2, 0) is 9.59 Å². The highest BCUT2D eigenvalue weighted by Crippen LogP contribution is 2.56. The van der Waals surface area contributed by atoms with Crippen LogP contribution in [0.5, 0.6) is 0 Å². The van der Waals surface area contributed by atoms with Crippen LogP contribution in [0.2, 0.25) is 0 Å². The van der Waals surface area contributed by atoms with Gasteiger partial charge in [-0.1, -0.05) is 48.0 Å². The number of carbonyl (C=O) groups is 2. The second-order valence-corrected chi connectivity index (χ2v) is 8.43. The first-order valence-corrected chi connectivity index (χ1v) is 9.24. The summed E-state index contributed by atoms with van der Waals surface area (Å²) >= 11 is 0. The molecule has 0 amide bonds. The van der Waals surface area contributed by atoms with Crippen molar-refractivity contribution in [3.63, 3.8) is 0 Å². The van der Waals surface area contributed by atoms with Gasteiger partial charge in [-0.15, -0.1) is 0 Å². The summed E-state index contributed by atoms with van der Waals surface area (Å²) in [6, 6.07) is 0. The molecule has 0 aliphatic heterocycles. The van der Waals surface area contributed by atoms with Gasteiger partial charge in [-0.2, -0.15) is 0 Å². The van der Waals surface area contributed by atoms with E-state index in [-0.39, 0.29) is 16.9 Å². The Labute approximate surface area is 146 Å². The van der Waals surface area contributed by atoms with Gasteiger partial charge in [0.2, 0.25) is 0 Å². The molecule has 1 saturated carbocycles. The van der Waals surface area contributed by atoms with Gasteiger partial charge < -0.3 is 10.2 Å². The molecule has 0 heterocycles. The molecule has 2 atom stereocenters. The van der Waals surface area contributed by atoms with Gasteiger partial charge in [0.15, 0.2) is 0 Å². The smallest absolute Gasteiger partial charge is 0.343 e. The van der Waals surface area contributed by atoms with Crippen molar-refractivity contribution in [2.24, 2.45) is 29.1 Å². The second-order valence-electron chi connectivity index (χ2n) is 8.43. The van der Waals surface area contributed by atoms with Crippen LogP contribution >= 0.6 is 0 Å². The van der Waals surface area contributed by atoms with E-state index >= 15 is 0 Å². The van der Waals surface area contributed by atoms with Crippen LogP contribution < -0.4 is 0 Å². The van der Waals surface area contributed by atoms with Crippen molar-refractivity contribution in [2.45, 2.75) is 73.6 Å². The minimum Gasteiger partial charge on any atom is -0.477 e. The van der Waals surface area contributed by atoms with Crippen molar-refractivity contribution in [2.75, 3.05) is 0 Å². The van der Waals surface area contributed by atoms with Gasteiger partial charge in [-0.25, -0.2) is 9.59 Å². The topological polar surface area (TPSA) is 74.6 Å². The van der Waals surface area contributed by atoms with Crippen molar-refractivity contribution in [3.05, 3.63) is 11.1 Å². The van der Waals surface area contributed by atoms with Crippen LogP contribution in [-0.4, -0.2) is 22.2 Å². The lowest BCUT2D eigenvalue weighted by atomic mass is 9.53. The standard InChI is InChI=1S/C20H34O4/c1-12(2)10-16(17(18(21)22)19(23)24)20(11-13(3)4)14(5)8-7-9-15(20)6/h12-15H,7-11H2,1-6H3,(H,21,22)(H,23,24). The Balaban J connectivity index is 3.71. The summed E-state index contributed by atoms with van der Waals surface area (Å²) < 4.78 is 0. The van der Waals surface area contributed by atoms with Crippen LogP contribution in [0.4, 0.5) is 0 Å². The summed E-state index contributed by atoms with van der Waals surface area (Å²) in [5, 5.41) is 19.3. The number of rotatable bonds is 7. The van der Waals surface area contributed by atoms with E-state index < -0.39 is 11.9 Å². The summed E-state index contributed by atoms with van der Waals surface area (Å²) in [6.07, 6.45) is 4.58. The van der Waals surface area contributed by atoms with Crippen LogP contribution in [0, 0.1) is 29.1 Å². The number of carboxylic acid groups (broad SMARTS) is 2. The van der Waals surface area contributed by atoms with Crippen LogP contribution in [0.25, 0.3) is 0 Å². The molecule has 2 unspecified atom stereocenters. The number of carboxylic acids is 2. The maximum Gasteiger partial charge on any atom is 0.343 e. The Kier molecular flexibility index (Phi) is 7.06. The van der Waals surface area contributed by atoms with Crippen LogP contribution in [0.3, 0.4) is 0 Å². The van der Waals surface area contributed by atoms with Gasteiger partial charge >= 0.3 is 11.9 Å². The van der Waals surface area contributed by atoms with E-state index in [9.17, 15) is 19.8 Å². The lowest BCUT2D eigenvalue weighted by molar-refractivity contribution is -0.140. The van der Waals surface area contributed by atoms with Crippen LogP contribution in [0.1, 0.15) is 73.6 Å². The summed E-state index contributed by atoms with van der Waals surface area (Å²) in [6.45, 7) is 12.7. The average Bonchev–Trinajstić information content (AvgIpc) is 2.40. The fourth-order valence-corrected chi connectivity index (χ4v) is 4.81. The summed E-state index contributed by atoms with van der Waals surface area (Å²) in [4.78, 5) is 23.6. The van der Waals surface area contributed by atoms with Gasteiger partial charge in [0.05, 0.1) is 0 Å². The fourth-order valence-electron chi connectivity index (χ4n) is 4.81. The number of aliphatic carboxylic acids is 2. The normalized spacial score (nSPS) is 27.3. The predicted octanol–water partition coefficient (Wildman–Crippen LogP) is 4.99. The Morgan fingerprint density at radius 1 is 0.958 bits per heavy atom. The maximum atomic E-state index is 11.8. The molecule has 0 aromatic carbocycles. The number of hydrogen-bond acceptors (Lipinski definition) is 2. The molecule has 1 aliphatic rings. The van der Waals surface area contributed by atoms with Gasteiger partial charge in [-0.3, -0.25) is 0 Å². The first-order valence-electron chi connectivity index (χ1n) is 9.24. The van der Waals surface area contributed by atoms with E-state index in [0.717, 1.165) is 25.7 Å². The zero-order chi connectivity index (χ0) is 18.7. The van der Waals surface area contributed by atoms with Crippen molar-refractivity contribution in [1.29, 1.82) is 0 Å². The first kappa shape index (κ1) is 20.7. The van der Waals surface area contributed by atoms with E-state index in [1.54, 1.807) is 0 Å². The highest BCUT2D eigenvalue weighted by atomic mass is 16.4. The van der Waals surface area contributed by atoms with Crippen LogP contribution in [0.15, 0.2) is 11.1 Å². The largest absolute Gasteiger partial charge is 0.477 e. The minimum atomic E-state index is -1.30. The van der Waals surface area contributed by atoms with Crippen molar-refractivity contribution >= 4 is 11.9 Å².